The van der Waals surface area contributed by atoms with Crippen LogP contribution in [0.3, 0.4) is 0 Å². The normalized spacial score (nSPS) is 13.3. The number of fused-ring (bicyclic) bond motifs is 1. The molecule has 0 amide bonds. The first kappa shape index (κ1) is 12.5. The molecule has 4 nitrogen and oxygen atoms in total. The van der Waals surface area contributed by atoms with E-state index in [2.05, 4.69) is 4.90 Å². The van der Waals surface area contributed by atoms with Crippen LogP contribution in [0.2, 0.25) is 0 Å². The van der Waals surface area contributed by atoms with Crippen molar-refractivity contribution in [3.8, 4) is 5.75 Å². The second kappa shape index (κ2) is 4.89. The number of carboxylic acid groups (broad SMARTS) is 1. The first-order chi connectivity index (χ1) is 9.63. The lowest BCUT2D eigenvalue weighted by atomic mass is 10.1. The van der Waals surface area contributed by atoms with Gasteiger partial charge in [-0.15, -0.1) is 0 Å². The van der Waals surface area contributed by atoms with E-state index in [1.165, 1.54) is 0 Å². The Morgan fingerprint density at radius 2 is 1.90 bits per heavy atom. The maximum Gasteiger partial charge on any atom is 0.335 e. The number of nitrogens with zero attached hydrogens (tertiary/aromatic N) is 1. The summed E-state index contributed by atoms with van der Waals surface area (Å²) in [7, 11) is 0. The molecular formula is C16H15NO3. The van der Waals surface area contributed by atoms with Gasteiger partial charge in [-0.25, -0.2) is 4.79 Å². The summed E-state index contributed by atoms with van der Waals surface area (Å²) in [6.07, 6.45) is 0.870. The monoisotopic (exact) mass is 269 g/mol. The van der Waals surface area contributed by atoms with Gasteiger partial charge in [-0.05, 0) is 47.9 Å². The molecule has 4 heteroatoms. The van der Waals surface area contributed by atoms with Crippen molar-refractivity contribution in [2.24, 2.45) is 0 Å². The zero-order valence-electron chi connectivity index (χ0n) is 10.9. The highest BCUT2D eigenvalue weighted by atomic mass is 16.4. The molecule has 0 aromatic heterocycles. The molecule has 102 valence electrons. The molecule has 2 N–H and O–H groups in total. The molecule has 1 heterocycles. The Kier molecular flexibility index (Phi) is 3.06. The number of benzene rings is 2. The molecule has 1 aliphatic rings. The Balaban J connectivity index is 1.82. The molecule has 0 unspecified atom stereocenters. The summed E-state index contributed by atoms with van der Waals surface area (Å²) in [6.45, 7) is 1.65. The summed E-state index contributed by atoms with van der Waals surface area (Å²) in [4.78, 5) is 13.2. The Morgan fingerprint density at radius 1 is 1.15 bits per heavy atom. The molecule has 0 saturated carbocycles. The predicted octanol–water partition coefficient (Wildman–Crippen LogP) is 2.65. The molecule has 20 heavy (non-hydrogen) atoms. The van der Waals surface area contributed by atoms with Gasteiger partial charge < -0.3 is 15.1 Å². The van der Waals surface area contributed by atoms with Gasteiger partial charge in [0.2, 0.25) is 0 Å². The first-order valence-electron chi connectivity index (χ1n) is 6.52. The molecule has 0 atom stereocenters. The number of phenols is 1. The number of aromatic hydroxyl groups is 1. The van der Waals surface area contributed by atoms with Gasteiger partial charge in [0.15, 0.2) is 0 Å². The van der Waals surface area contributed by atoms with Gasteiger partial charge in [-0.2, -0.15) is 0 Å². The molecule has 0 fully saturated rings. The second-order valence-corrected chi connectivity index (χ2v) is 4.99. The lowest BCUT2D eigenvalue weighted by molar-refractivity contribution is 0.0697. The standard InChI is InChI=1S/C16H15NO3/c18-14-4-1-11(2-5-14)10-17-8-7-12-9-13(16(19)20)3-6-15(12)17/h1-6,9,18H,7-8,10H2,(H,19,20). The summed E-state index contributed by atoms with van der Waals surface area (Å²) in [5.74, 6) is -0.619. The Morgan fingerprint density at radius 3 is 2.60 bits per heavy atom. The van der Waals surface area contributed by atoms with Crippen LogP contribution in [0, 0.1) is 0 Å². The Labute approximate surface area is 116 Å². The lowest BCUT2D eigenvalue weighted by Gasteiger charge is -2.19. The largest absolute Gasteiger partial charge is 0.508 e. The van der Waals surface area contributed by atoms with Crippen molar-refractivity contribution in [1.29, 1.82) is 0 Å². The van der Waals surface area contributed by atoms with Gasteiger partial charge in [0, 0.05) is 18.8 Å². The molecule has 2 aromatic rings. The van der Waals surface area contributed by atoms with E-state index < -0.39 is 5.97 Å². The molecular weight excluding hydrogens is 254 g/mol. The van der Waals surface area contributed by atoms with E-state index in [0.717, 1.165) is 36.3 Å². The minimum absolute atomic E-state index is 0.265. The Hall–Kier alpha value is -2.49. The van der Waals surface area contributed by atoms with Crippen LogP contribution in [0.15, 0.2) is 42.5 Å². The van der Waals surface area contributed by atoms with Crippen LogP contribution in [-0.2, 0) is 13.0 Å². The van der Waals surface area contributed by atoms with Crippen molar-refractivity contribution < 1.29 is 15.0 Å². The fourth-order valence-corrected chi connectivity index (χ4v) is 2.59. The maximum absolute atomic E-state index is 11.0. The van der Waals surface area contributed by atoms with E-state index in [1.807, 2.05) is 18.2 Å². The van der Waals surface area contributed by atoms with Crippen LogP contribution in [0.5, 0.6) is 5.75 Å². The zero-order valence-corrected chi connectivity index (χ0v) is 10.9. The average Bonchev–Trinajstić information content (AvgIpc) is 2.84. The molecule has 2 aromatic carbocycles. The lowest BCUT2D eigenvalue weighted by Crippen LogP contribution is -2.19. The third-order valence-corrected chi connectivity index (χ3v) is 3.63. The van der Waals surface area contributed by atoms with E-state index in [-0.39, 0.29) is 5.75 Å². The minimum atomic E-state index is -0.884. The van der Waals surface area contributed by atoms with Crippen molar-refractivity contribution in [3.63, 3.8) is 0 Å². The number of hydrogen-bond acceptors (Lipinski definition) is 3. The number of phenolic OH excluding ortho intramolecular Hbond substituents is 1. The third kappa shape index (κ3) is 2.32. The fraction of sp³-hybridized carbons (Fsp3) is 0.188. The summed E-state index contributed by atoms with van der Waals surface area (Å²) in [5, 5.41) is 18.3. The molecule has 0 aliphatic carbocycles. The van der Waals surface area contributed by atoms with Crippen LogP contribution in [0.25, 0.3) is 0 Å². The molecule has 0 spiro atoms. The van der Waals surface area contributed by atoms with E-state index in [4.69, 9.17) is 5.11 Å². The van der Waals surface area contributed by atoms with E-state index in [9.17, 15) is 9.90 Å². The van der Waals surface area contributed by atoms with E-state index in [0.29, 0.717) is 5.56 Å². The molecule has 0 saturated heterocycles. The number of aromatic carboxylic acids is 1. The van der Waals surface area contributed by atoms with Gasteiger partial charge >= 0.3 is 5.97 Å². The van der Waals surface area contributed by atoms with Gasteiger partial charge in [0.1, 0.15) is 5.75 Å². The highest BCUT2D eigenvalue weighted by Crippen LogP contribution is 2.30. The van der Waals surface area contributed by atoms with Crippen LogP contribution < -0.4 is 4.90 Å². The number of carboxylic acids is 1. The SMILES string of the molecule is O=C(O)c1ccc2c(c1)CCN2Cc1ccc(O)cc1. The highest BCUT2D eigenvalue weighted by Gasteiger charge is 2.20. The summed E-state index contributed by atoms with van der Waals surface area (Å²) < 4.78 is 0. The van der Waals surface area contributed by atoms with Crippen LogP contribution in [0.4, 0.5) is 5.69 Å². The number of rotatable bonds is 3. The van der Waals surface area contributed by atoms with E-state index in [1.54, 1.807) is 24.3 Å². The average molecular weight is 269 g/mol. The van der Waals surface area contributed by atoms with Crippen molar-refractivity contribution in [3.05, 3.63) is 59.2 Å². The van der Waals surface area contributed by atoms with Gasteiger partial charge in [-0.3, -0.25) is 0 Å². The maximum atomic E-state index is 11.0. The number of carbonyl (C=O) groups is 1. The quantitative estimate of drug-likeness (QED) is 0.899. The van der Waals surface area contributed by atoms with Crippen molar-refractivity contribution in [2.45, 2.75) is 13.0 Å². The fourth-order valence-electron chi connectivity index (χ4n) is 2.59. The minimum Gasteiger partial charge on any atom is -0.508 e. The number of anilines is 1. The molecule has 0 bridgehead atoms. The highest BCUT2D eigenvalue weighted by molar-refractivity contribution is 5.88. The molecule has 1 aliphatic heterocycles. The van der Waals surface area contributed by atoms with Crippen molar-refractivity contribution in [1.82, 2.24) is 0 Å². The zero-order chi connectivity index (χ0) is 14.1. The molecule has 0 radical (unpaired) electrons. The summed E-state index contributed by atoms with van der Waals surface area (Å²) in [5.41, 5.74) is 3.65. The topological polar surface area (TPSA) is 60.8 Å². The smallest absolute Gasteiger partial charge is 0.335 e. The number of hydrogen-bond donors (Lipinski definition) is 2. The van der Waals surface area contributed by atoms with Gasteiger partial charge in [0.05, 0.1) is 5.56 Å². The van der Waals surface area contributed by atoms with Crippen LogP contribution >= 0.6 is 0 Å². The van der Waals surface area contributed by atoms with Crippen LogP contribution in [-0.4, -0.2) is 22.7 Å². The summed E-state index contributed by atoms with van der Waals surface area (Å²) in [6, 6.07) is 12.5. The predicted molar refractivity (Wildman–Crippen MR) is 76.3 cm³/mol. The van der Waals surface area contributed by atoms with E-state index >= 15 is 0 Å². The molecule has 3 rings (SSSR count). The van der Waals surface area contributed by atoms with Crippen molar-refractivity contribution >= 4 is 11.7 Å². The van der Waals surface area contributed by atoms with Gasteiger partial charge in [0.25, 0.3) is 0 Å². The van der Waals surface area contributed by atoms with Crippen molar-refractivity contribution in [2.75, 3.05) is 11.4 Å². The van der Waals surface area contributed by atoms with Crippen LogP contribution in [0.1, 0.15) is 21.5 Å². The second-order valence-electron chi connectivity index (χ2n) is 4.99. The third-order valence-electron chi connectivity index (χ3n) is 3.63. The summed E-state index contributed by atoms with van der Waals surface area (Å²) >= 11 is 0. The Bertz CT molecular complexity index is 649. The first-order valence-corrected chi connectivity index (χ1v) is 6.52. The van der Waals surface area contributed by atoms with Gasteiger partial charge in [-0.1, -0.05) is 12.1 Å².